The third-order valence-corrected chi connectivity index (χ3v) is 5.10. The van der Waals surface area contributed by atoms with E-state index in [-0.39, 0.29) is 0 Å². The molecular weight excluding hydrogens is 322 g/mol. The van der Waals surface area contributed by atoms with E-state index in [1.54, 1.807) is 12.7 Å². The molecular formula is C21H19N5. The second kappa shape index (κ2) is 6.35. The van der Waals surface area contributed by atoms with Crippen LogP contribution in [0.25, 0.3) is 22.4 Å². The molecule has 0 bridgehead atoms. The van der Waals surface area contributed by atoms with Crippen molar-refractivity contribution in [3.63, 3.8) is 0 Å². The van der Waals surface area contributed by atoms with E-state index in [1.807, 2.05) is 0 Å². The minimum atomic E-state index is 0.526. The van der Waals surface area contributed by atoms with Crippen LogP contribution in [-0.4, -0.2) is 26.0 Å². The summed E-state index contributed by atoms with van der Waals surface area (Å²) in [5.74, 6) is 0. The smallest absolute Gasteiger partial charge is 0.181 e. The Balaban J connectivity index is 1.28. The van der Waals surface area contributed by atoms with Crippen LogP contribution in [0.1, 0.15) is 16.7 Å². The van der Waals surface area contributed by atoms with Crippen LogP contribution in [0, 0.1) is 0 Å². The van der Waals surface area contributed by atoms with Crippen LogP contribution in [0.5, 0.6) is 0 Å². The molecule has 0 amide bonds. The summed E-state index contributed by atoms with van der Waals surface area (Å²) >= 11 is 0. The van der Waals surface area contributed by atoms with Crippen LogP contribution in [-0.2, 0) is 19.4 Å². The summed E-state index contributed by atoms with van der Waals surface area (Å²) in [5, 5.41) is 3.69. The quantitative estimate of drug-likeness (QED) is 0.598. The SMILES string of the molecule is c1ccc2c(c1)CC(NCc1ccc(-c3ncnc4nc[nH]c34)cc1)C2. The van der Waals surface area contributed by atoms with Gasteiger partial charge in [-0.15, -0.1) is 0 Å². The van der Waals surface area contributed by atoms with Gasteiger partial charge in [0.25, 0.3) is 0 Å². The largest absolute Gasteiger partial charge is 0.341 e. The number of nitrogens with one attached hydrogen (secondary N) is 2. The number of H-pyrrole nitrogens is 1. The summed E-state index contributed by atoms with van der Waals surface area (Å²) in [6, 6.07) is 17.8. The van der Waals surface area contributed by atoms with E-state index in [4.69, 9.17) is 0 Å². The highest BCUT2D eigenvalue weighted by atomic mass is 15.0. The summed E-state index contributed by atoms with van der Waals surface area (Å²) < 4.78 is 0. The molecule has 0 radical (unpaired) electrons. The first-order valence-corrected chi connectivity index (χ1v) is 8.90. The van der Waals surface area contributed by atoms with Crippen molar-refractivity contribution in [2.24, 2.45) is 0 Å². The van der Waals surface area contributed by atoms with Crippen LogP contribution >= 0.6 is 0 Å². The molecule has 0 aliphatic heterocycles. The Kier molecular flexibility index (Phi) is 3.72. The molecule has 2 heterocycles. The lowest BCUT2D eigenvalue weighted by Crippen LogP contribution is -2.28. The molecule has 128 valence electrons. The van der Waals surface area contributed by atoms with Crippen molar-refractivity contribution in [1.29, 1.82) is 0 Å². The molecule has 0 atom stereocenters. The maximum Gasteiger partial charge on any atom is 0.181 e. The lowest BCUT2D eigenvalue weighted by Gasteiger charge is -2.12. The average Bonchev–Trinajstić information content (AvgIpc) is 3.33. The standard InChI is InChI=1S/C21H19N5/c1-2-4-17-10-18(9-16(17)3-1)22-11-14-5-7-15(8-6-14)19-20-21(25-12-23-19)26-13-24-20/h1-8,12-13,18,22H,9-11H2,(H,23,24,25,26). The zero-order chi connectivity index (χ0) is 17.3. The van der Waals surface area contributed by atoms with Crippen molar-refractivity contribution in [3.05, 3.63) is 77.9 Å². The van der Waals surface area contributed by atoms with E-state index < -0.39 is 0 Å². The van der Waals surface area contributed by atoms with E-state index in [0.29, 0.717) is 11.7 Å². The lowest BCUT2D eigenvalue weighted by atomic mass is 10.1. The molecule has 5 rings (SSSR count). The highest BCUT2D eigenvalue weighted by molar-refractivity contribution is 5.86. The summed E-state index contributed by atoms with van der Waals surface area (Å²) in [6.07, 6.45) is 5.45. The summed E-state index contributed by atoms with van der Waals surface area (Å²) in [7, 11) is 0. The molecule has 0 fully saturated rings. The predicted molar refractivity (Wildman–Crippen MR) is 102 cm³/mol. The minimum Gasteiger partial charge on any atom is -0.341 e. The number of rotatable bonds is 4. The summed E-state index contributed by atoms with van der Waals surface area (Å²) in [5.41, 5.74) is 7.76. The van der Waals surface area contributed by atoms with Gasteiger partial charge in [0.15, 0.2) is 5.65 Å². The molecule has 5 heteroatoms. The number of hydrogen-bond donors (Lipinski definition) is 2. The molecule has 4 aromatic rings. The van der Waals surface area contributed by atoms with Gasteiger partial charge in [0, 0.05) is 18.2 Å². The molecule has 0 unspecified atom stereocenters. The average molecular weight is 341 g/mol. The number of aromatic nitrogens is 4. The monoisotopic (exact) mass is 341 g/mol. The molecule has 1 aliphatic carbocycles. The second-order valence-corrected chi connectivity index (χ2v) is 6.78. The van der Waals surface area contributed by atoms with Crippen LogP contribution in [0.3, 0.4) is 0 Å². The first kappa shape index (κ1) is 15.2. The van der Waals surface area contributed by atoms with Gasteiger partial charge >= 0.3 is 0 Å². The summed E-state index contributed by atoms with van der Waals surface area (Å²) in [4.78, 5) is 15.9. The molecule has 26 heavy (non-hydrogen) atoms. The maximum absolute atomic E-state index is 4.41. The Bertz CT molecular complexity index is 1030. The van der Waals surface area contributed by atoms with E-state index in [0.717, 1.165) is 36.2 Å². The first-order valence-electron chi connectivity index (χ1n) is 8.90. The van der Waals surface area contributed by atoms with Gasteiger partial charge in [-0.25, -0.2) is 15.0 Å². The maximum atomic E-state index is 4.41. The van der Waals surface area contributed by atoms with Gasteiger partial charge in [-0.2, -0.15) is 0 Å². The zero-order valence-corrected chi connectivity index (χ0v) is 14.3. The third-order valence-electron chi connectivity index (χ3n) is 5.10. The van der Waals surface area contributed by atoms with E-state index in [9.17, 15) is 0 Å². The fourth-order valence-corrected chi connectivity index (χ4v) is 3.73. The van der Waals surface area contributed by atoms with Crippen molar-refractivity contribution in [2.75, 3.05) is 0 Å². The van der Waals surface area contributed by atoms with Gasteiger partial charge in [0.2, 0.25) is 0 Å². The van der Waals surface area contributed by atoms with Crippen molar-refractivity contribution < 1.29 is 0 Å². The van der Waals surface area contributed by atoms with Crippen molar-refractivity contribution in [2.45, 2.75) is 25.4 Å². The van der Waals surface area contributed by atoms with Crippen LogP contribution in [0.4, 0.5) is 0 Å². The molecule has 5 nitrogen and oxygen atoms in total. The molecule has 1 aliphatic rings. The topological polar surface area (TPSA) is 66.5 Å². The predicted octanol–water partition coefficient (Wildman–Crippen LogP) is 3.28. The summed E-state index contributed by atoms with van der Waals surface area (Å²) in [6.45, 7) is 0.877. The number of fused-ring (bicyclic) bond motifs is 2. The Morgan fingerprint density at radius 1 is 0.923 bits per heavy atom. The number of imidazole rings is 1. The molecule has 0 saturated heterocycles. The second-order valence-electron chi connectivity index (χ2n) is 6.78. The Morgan fingerprint density at radius 3 is 2.46 bits per heavy atom. The first-order chi connectivity index (χ1) is 12.9. The fraction of sp³-hybridized carbons (Fsp3) is 0.190. The molecule has 0 saturated carbocycles. The molecule has 0 spiro atoms. The van der Waals surface area contributed by atoms with E-state index in [1.165, 1.54) is 16.7 Å². The minimum absolute atomic E-state index is 0.526. The third kappa shape index (κ3) is 2.76. The van der Waals surface area contributed by atoms with Gasteiger partial charge in [0.1, 0.15) is 11.8 Å². The Morgan fingerprint density at radius 2 is 1.69 bits per heavy atom. The van der Waals surface area contributed by atoms with E-state index in [2.05, 4.69) is 73.8 Å². The van der Waals surface area contributed by atoms with Crippen molar-refractivity contribution in [3.8, 4) is 11.3 Å². The highest BCUT2D eigenvalue weighted by Crippen LogP contribution is 2.24. The number of aromatic amines is 1. The number of nitrogens with zero attached hydrogens (tertiary/aromatic N) is 3. The highest BCUT2D eigenvalue weighted by Gasteiger charge is 2.20. The zero-order valence-electron chi connectivity index (χ0n) is 14.3. The fourth-order valence-electron chi connectivity index (χ4n) is 3.73. The van der Waals surface area contributed by atoms with E-state index >= 15 is 0 Å². The van der Waals surface area contributed by atoms with Crippen LogP contribution in [0.2, 0.25) is 0 Å². The van der Waals surface area contributed by atoms with Crippen LogP contribution < -0.4 is 5.32 Å². The van der Waals surface area contributed by atoms with Crippen LogP contribution in [0.15, 0.2) is 61.2 Å². The Labute approximate surface area is 151 Å². The normalized spacial score (nSPS) is 14.0. The lowest BCUT2D eigenvalue weighted by molar-refractivity contribution is 0.533. The number of benzene rings is 2. The van der Waals surface area contributed by atoms with Gasteiger partial charge in [-0.05, 0) is 29.5 Å². The van der Waals surface area contributed by atoms with Crippen molar-refractivity contribution >= 4 is 11.2 Å². The van der Waals surface area contributed by atoms with Crippen molar-refractivity contribution in [1.82, 2.24) is 25.3 Å². The van der Waals surface area contributed by atoms with Gasteiger partial charge in [0.05, 0.1) is 12.0 Å². The van der Waals surface area contributed by atoms with Gasteiger partial charge < -0.3 is 10.3 Å². The molecule has 2 aromatic carbocycles. The number of hydrogen-bond acceptors (Lipinski definition) is 4. The van der Waals surface area contributed by atoms with Gasteiger partial charge in [-0.3, -0.25) is 0 Å². The van der Waals surface area contributed by atoms with Gasteiger partial charge in [-0.1, -0.05) is 48.5 Å². The molecule has 2 N–H and O–H groups in total. The Hall–Kier alpha value is -3.05. The molecule has 2 aromatic heterocycles.